The molecule has 1 aliphatic rings. The van der Waals surface area contributed by atoms with Gasteiger partial charge in [0.2, 0.25) is 0 Å². The molecule has 1 unspecified atom stereocenters. The zero-order valence-electron chi connectivity index (χ0n) is 13.9. The number of nitrogens with two attached hydrogens (primary N) is 1. The molecule has 3 nitrogen and oxygen atoms in total. The van der Waals surface area contributed by atoms with Crippen molar-refractivity contribution in [3.05, 3.63) is 53.7 Å². The molecule has 0 saturated heterocycles. The molecular formula is C19H27N3. The van der Waals surface area contributed by atoms with Crippen molar-refractivity contribution in [2.75, 3.05) is 18.5 Å². The van der Waals surface area contributed by atoms with E-state index in [1.807, 2.05) is 19.9 Å². The van der Waals surface area contributed by atoms with E-state index < -0.39 is 0 Å². The summed E-state index contributed by atoms with van der Waals surface area (Å²) >= 11 is 0. The number of para-hydroxylation sites is 1. The van der Waals surface area contributed by atoms with Gasteiger partial charge in [0.15, 0.2) is 0 Å². The van der Waals surface area contributed by atoms with Gasteiger partial charge in [-0.3, -0.25) is 0 Å². The Hall–Kier alpha value is -1.87. The van der Waals surface area contributed by atoms with Crippen LogP contribution in [0.25, 0.3) is 0 Å². The van der Waals surface area contributed by atoms with Gasteiger partial charge in [-0.1, -0.05) is 38.1 Å². The second kappa shape index (κ2) is 7.95. The number of hydrogen-bond acceptors (Lipinski definition) is 3. The van der Waals surface area contributed by atoms with E-state index in [0.717, 1.165) is 24.5 Å². The highest BCUT2D eigenvalue weighted by molar-refractivity contribution is 5.59. The Morgan fingerprint density at radius 1 is 1.14 bits per heavy atom. The second-order valence-corrected chi connectivity index (χ2v) is 5.42. The smallest absolute Gasteiger partial charge is 0.132 e. The molecule has 0 saturated carbocycles. The summed E-state index contributed by atoms with van der Waals surface area (Å²) in [6.07, 6.45) is 3.46. The van der Waals surface area contributed by atoms with E-state index in [2.05, 4.69) is 48.3 Å². The lowest BCUT2D eigenvalue weighted by Crippen LogP contribution is -2.20. The highest BCUT2D eigenvalue weighted by Crippen LogP contribution is 2.32. The van der Waals surface area contributed by atoms with E-state index in [1.165, 1.54) is 24.1 Å². The number of anilines is 2. The minimum absolute atomic E-state index is 0.488. The van der Waals surface area contributed by atoms with E-state index in [0.29, 0.717) is 5.92 Å². The number of rotatable bonds is 3. The van der Waals surface area contributed by atoms with Gasteiger partial charge in [0, 0.05) is 18.4 Å². The Morgan fingerprint density at radius 3 is 2.55 bits per heavy atom. The van der Waals surface area contributed by atoms with Crippen molar-refractivity contribution in [2.24, 2.45) is 5.73 Å². The number of hydrogen-bond donors (Lipinski definition) is 1. The van der Waals surface area contributed by atoms with Crippen molar-refractivity contribution in [3.63, 3.8) is 0 Å². The number of fused-ring (bicyclic) bond motifs is 1. The SMILES string of the molecule is CC.CN(c1ccccc1)c1ccc2c(n1)CCCC2CN. The monoisotopic (exact) mass is 297 g/mol. The zero-order valence-corrected chi connectivity index (χ0v) is 13.9. The lowest BCUT2D eigenvalue weighted by atomic mass is 9.86. The lowest BCUT2D eigenvalue weighted by molar-refractivity contribution is 0.551. The third-order valence-corrected chi connectivity index (χ3v) is 4.17. The number of pyridine rings is 1. The summed E-state index contributed by atoms with van der Waals surface area (Å²) in [4.78, 5) is 6.99. The Morgan fingerprint density at radius 2 is 1.86 bits per heavy atom. The van der Waals surface area contributed by atoms with Crippen molar-refractivity contribution >= 4 is 11.5 Å². The molecule has 1 aromatic heterocycles. The van der Waals surface area contributed by atoms with Crippen LogP contribution in [0.2, 0.25) is 0 Å². The molecule has 1 atom stereocenters. The van der Waals surface area contributed by atoms with Crippen LogP contribution in [0.5, 0.6) is 0 Å². The molecule has 0 fully saturated rings. The van der Waals surface area contributed by atoms with Gasteiger partial charge in [0.1, 0.15) is 5.82 Å². The van der Waals surface area contributed by atoms with Crippen LogP contribution in [0.4, 0.5) is 11.5 Å². The Kier molecular flexibility index (Phi) is 5.96. The molecule has 118 valence electrons. The first kappa shape index (κ1) is 16.5. The average molecular weight is 297 g/mol. The average Bonchev–Trinajstić information content (AvgIpc) is 2.62. The standard InChI is InChI=1S/C17H21N3.C2H6/c1-20(14-7-3-2-4-8-14)17-11-10-15-13(12-18)6-5-9-16(15)19-17;1-2/h2-4,7-8,10-11,13H,5-6,9,12,18H2,1H3;1-2H3. The van der Waals surface area contributed by atoms with Crippen LogP contribution >= 0.6 is 0 Å². The molecule has 1 aliphatic carbocycles. The number of benzene rings is 1. The van der Waals surface area contributed by atoms with E-state index in [9.17, 15) is 0 Å². The number of aryl methyl sites for hydroxylation is 1. The maximum atomic E-state index is 5.87. The van der Waals surface area contributed by atoms with Crippen LogP contribution < -0.4 is 10.6 Å². The predicted octanol–water partition coefficient (Wildman–Crippen LogP) is 4.25. The van der Waals surface area contributed by atoms with Crippen LogP contribution in [0.15, 0.2) is 42.5 Å². The van der Waals surface area contributed by atoms with E-state index >= 15 is 0 Å². The zero-order chi connectivity index (χ0) is 15.9. The Balaban J connectivity index is 0.000000847. The first-order chi connectivity index (χ1) is 10.8. The van der Waals surface area contributed by atoms with Crippen LogP contribution in [-0.4, -0.2) is 18.6 Å². The van der Waals surface area contributed by atoms with Crippen molar-refractivity contribution in [3.8, 4) is 0 Å². The fourth-order valence-corrected chi connectivity index (χ4v) is 2.96. The summed E-state index contributed by atoms with van der Waals surface area (Å²) in [6, 6.07) is 14.7. The number of nitrogens with zero attached hydrogens (tertiary/aromatic N) is 2. The Labute approximate surface area is 134 Å². The van der Waals surface area contributed by atoms with Crippen molar-refractivity contribution in [1.82, 2.24) is 4.98 Å². The van der Waals surface area contributed by atoms with Gasteiger partial charge in [-0.2, -0.15) is 0 Å². The normalized spacial score (nSPS) is 16.3. The quantitative estimate of drug-likeness (QED) is 0.920. The molecule has 3 rings (SSSR count). The molecule has 0 spiro atoms. The maximum absolute atomic E-state index is 5.87. The summed E-state index contributed by atoms with van der Waals surface area (Å²) < 4.78 is 0. The molecule has 0 bridgehead atoms. The maximum Gasteiger partial charge on any atom is 0.132 e. The largest absolute Gasteiger partial charge is 0.330 e. The third-order valence-electron chi connectivity index (χ3n) is 4.17. The van der Waals surface area contributed by atoms with E-state index in [-0.39, 0.29) is 0 Å². The first-order valence-electron chi connectivity index (χ1n) is 8.28. The molecule has 0 radical (unpaired) electrons. The molecule has 0 aliphatic heterocycles. The molecule has 1 heterocycles. The third kappa shape index (κ3) is 3.47. The summed E-state index contributed by atoms with van der Waals surface area (Å²) in [5, 5.41) is 0. The van der Waals surface area contributed by atoms with Gasteiger partial charge >= 0.3 is 0 Å². The molecular weight excluding hydrogens is 270 g/mol. The van der Waals surface area contributed by atoms with Gasteiger partial charge in [-0.25, -0.2) is 4.98 Å². The molecule has 3 heteroatoms. The fraction of sp³-hybridized carbons (Fsp3) is 0.421. The predicted molar refractivity (Wildman–Crippen MR) is 94.8 cm³/mol. The van der Waals surface area contributed by atoms with Crippen LogP contribution in [-0.2, 0) is 6.42 Å². The molecule has 0 amide bonds. The summed E-state index contributed by atoms with van der Waals surface area (Å²) in [5.41, 5.74) is 9.61. The minimum Gasteiger partial charge on any atom is -0.330 e. The van der Waals surface area contributed by atoms with Crippen LogP contribution in [0.3, 0.4) is 0 Å². The highest BCUT2D eigenvalue weighted by atomic mass is 15.2. The van der Waals surface area contributed by atoms with Gasteiger partial charge in [-0.05, 0) is 55.5 Å². The summed E-state index contributed by atoms with van der Waals surface area (Å²) in [7, 11) is 2.06. The molecule has 22 heavy (non-hydrogen) atoms. The summed E-state index contributed by atoms with van der Waals surface area (Å²) in [6.45, 7) is 4.72. The first-order valence-corrected chi connectivity index (χ1v) is 8.28. The van der Waals surface area contributed by atoms with E-state index in [1.54, 1.807) is 0 Å². The van der Waals surface area contributed by atoms with Crippen molar-refractivity contribution < 1.29 is 0 Å². The lowest BCUT2D eigenvalue weighted by Gasteiger charge is -2.26. The number of aromatic nitrogens is 1. The van der Waals surface area contributed by atoms with Crippen molar-refractivity contribution in [2.45, 2.75) is 39.0 Å². The second-order valence-electron chi connectivity index (χ2n) is 5.42. The highest BCUT2D eigenvalue weighted by Gasteiger charge is 2.21. The Bertz CT molecular complexity index is 580. The van der Waals surface area contributed by atoms with E-state index in [4.69, 9.17) is 10.7 Å². The molecule has 1 aromatic carbocycles. The summed E-state index contributed by atoms with van der Waals surface area (Å²) in [5.74, 6) is 1.50. The van der Waals surface area contributed by atoms with Gasteiger partial charge in [-0.15, -0.1) is 0 Å². The minimum atomic E-state index is 0.488. The van der Waals surface area contributed by atoms with Crippen LogP contribution in [0, 0.1) is 0 Å². The van der Waals surface area contributed by atoms with Gasteiger partial charge in [0.05, 0.1) is 0 Å². The van der Waals surface area contributed by atoms with Gasteiger partial charge < -0.3 is 10.6 Å². The molecule has 2 N–H and O–H groups in total. The topological polar surface area (TPSA) is 42.2 Å². The van der Waals surface area contributed by atoms with Crippen molar-refractivity contribution in [1.29, 1.82) is 0 Å². The van der Waals surface area contributed by atoms with Gasteiger partial charge in [0.25, 0.3) is 0 Å². The van der Waals surface area contributed by atoms with Crippen LogP contribution in [0.1, 0.15) is 43.9 Å². The fourth-order valence-electron chi connectivity index (χ4n) is 2.96. The molecule has 2 aromatic rings.